The van der Waals surface area contributed by atoms with Gasteiger partial charge in [0.05, 0.1) is 0 Å². The molecule has 2 aromatic heterocycles. The van der Waals surface area contributed by atoms with Gasteiger partial charge in [0, 0.05) is 0 Å². The van der Waals surface area contributed by atoms with Crippen molar-refractivity contribution in [1.29, 1.82) is 0 Å². The molecule has 9 nitrogen and oxygen atoms in total. The second kappa shape index (κ2) is 7.81. The highest BCUT2D eigenvalue weighted by atomic mass is 16.5. The molecule has 1 unspecified atom stereocenters. The number of esters is 1. The van der Waals surface area contributed by atoms with Crippen LogP contribution in [-0.4, -0.2) is 37.6 Å². The van der Waals surface area contributed by atoms with Gasteiger partial charge in [-0.05, 0) is 11.5 Å². The molecule has 3 N–H and O–H groups in total. The van der Waals surface area contributed by atoms with E-state index in [0.29, 0.717) is 5.52 Å². The SMILES string of the molecule is CC(C)C(NC(=O)n1cnc2c(N)ncnc21)C(=O)OCc1ccccc1. The van der Waals surface area contributed by atoms with Gasteiger partial charge < -0.3 is 15.8 Å². The van der Waals surface area contributed by atoms with Gasteiger partial charge in [0.2, 0.25) is 0 Å². The fourth-order valence-corrected chi connectivity index (χ4v) is 2.52. The van der Waals surface area contributed by atoms with Crippen LogP contribution in [0.3, 0.4) is 0 Å². The van der Waals surface area contributed by atoms with Crippen molar-refractivity contribution in [3.63, 3.8) is 0 Å². The number of hydrogen-bond donors (Lipinski definition) is 2. The Bertz CT molecular complexity index is 954. The van der Waals surface area contributed by atoms with E-state index in [-0.39, 0.29) is 24.0 Å². The van der Waals surface area contributed by atoms with Gasteiger partial charge in [-0.15, -0.1) is 0 Å². The molecule has 27 heavy (non-hydrogen) atoms. The number of nitrogen functional groups attached to an aromatic ring is 1. The summed E-state index contributed by atoms with van der Waals surface area (Å²) in [5.74, 6) is -0.512. The number of amides is 1. The summed E-state index contributed by atoms with van der Waals surface area (Å²) in [5, 5.41) is 2.67. The number of fused-ring (bicyclic) bond motifs is 1. The lowest BCUT2D eigenvalue weighted by atomic mass is 10.1. The van der Waals surface area contributed by atoms with Gasteiger partial charge in [-0.1, -0.05) is 44.2 Å². The fourth-order valence-electron chi connectivity index (χ4n) is 2.52. The molecule has 2 heterocycles. The van der Waals surface area contributed by atoms with E-state index >= 15 is 0 Å². The maximum Gasteiger partial charge on any atom is 0.329 e. The van der Waals surface area contributed by atoms with Gasteiger partial charge in [-0.2, -0.15) is 0 Å². The lowest BCUT2D eigenvalue weighted by Gasteiger charge is -2.21. The van der Waals surface area contributed by atoms with Crippen molar-refractivity contribution in [3.8, 4) is 0 Å². The Morgan fingerprint density at radius 2 is 1.93 bits per heavy atom. The third-order valence-electron chi connectivity index (χ3n) is 4.00. The van der Waals surface area contributed by atoms with Crippen LogP contribution < -0.4 is 11.1 Å². The molecule has 0 saturated carbocycles. The molecule has 0 radical (unpaired) electrons. The van der Waals surface area contributed by atoms with Crippen LogP contribution >= 0.6 is 0 Å². The Balaban J connectivity index is 1.72. The minimum absolute atomic E-state index is 0.135. The molecule has 3 aromatic rings. The van der Waals surface area contributed by atoms with E-state index in [1.165, 1.54) is 17.2 Å². The number of ether oxygens (including phenoxy) is 1. The predicted molar refractivity (Wildman–Crippen MR) is 98.5 cm³/mol. The third kappa shape index (κ3) is 4.02. The highest BCUT2D eigenvalue weighted by Crippen LogP contribution is 2.14. The number of imidazole rings is 1. The number of carbonyl (C=O) groups excluding carboxylic acids is 2. The molecule has 1 amide bonds. The Labute approximate surface area is 155 Å². The van der Waals surface area contributed by atoms with Crippen molar-refractivity contribution in [1.82, 2.24) is 24.8 Å². The van der Waals surface area contributed by atoms with Gasteiger partial charge in [0.25, 0.3) is 0 Å². The smallest absolute Gasteiger partial charge is 0.329 e. The van der Waals surface area contributed by atoms with Gasteiger partial charge in [0.1, 0.15) is 25.3 Å². The fraction of sp³-hybridized carbons (Fsp3) is 0.278. The summed E-state index contributed by atoms with van der Waals surface area (Å²) in [5.41, 5.74) is 7.18. The first kappa shape index (κ1) is 18.3. The number of aromatic nitrogens is 4. The van der Waals surface area contributed by atoms with E-state index in [1.807, 2.05) is 44.2 Å². The lowest BCUT2D eigenvalue weighted by Crippen LogP contribution is -2.46. The maximum atomic E-state index is 12.6. The van der Waals surface area contributed by atoms with E-state index in [2.05, 4.69) is 20.3 Å². The van der Waals surface area contributed by atoms with Crippen LogP contribution in [0.5, 0.6) is 0 Å². The molecular formula is C18H20N6O3. The van der Waals surface area contributed by atoms with Crippen molar-refractivity contribution >= 4 is 29.0 Å². The van der Waals surface area contributed by atoms with Crippen LogP contribution in [0.15, 0.2) is 43.0 Å². The van der Waals surface area contributed by atoms with Crippen LogP contribution in [0.2, 0.25) is 0 Å². The number of carbonyl (C=O) groups is 2. The second-order valence-electron chi connectivity index (χ2n) is 6.31. The Morgan fingerprint density at radius 1 is 1.19 bits per heavy atom. The summed E-state index contributed by atoms with van der Waals surface area (Å²) in [6.07, 6.45) is 2.54. The van der Waals surface area contributed by atoms with E-state index in [0.717, 1.165) is 5.56 Å². The first-order chi connectivity index (χ1) is 13.0. The quantitative estimate of drug-likeness (QED) is 0.657. The number of nitrogens with two attached hydrogens (primary N) is 1. The van der Waals surface area contributed by atoms with Gasteiger partial charge in [-0.25, -0.2) is 29.1 Å². The summed E-state index contributed by atoms with van der Waals surface area (Å²) in [4.78, 5) is 37.0. The number of nitrogens with zero attached hydrogens (tertiary/aromatic N) is 4. The molecule has 1 aromatic carbocycles. The molecule has 0 aliphatic rings. The average molecular weight is 368 g/mol. The van der Waals surface area contributed by atoms with Crippen LogP contribution in [0.4, 0.5) is 10.6 Å². The number of rotatable bonds is 5. The zero-order chi connectivity index (χ0) is 19.4. The lowest BCUT2D eigenvalue weighted by molar-refractivity contribution is -0.148. The average Bonchev–Trinajstić information content (AvgIpc) is 3.10. The Morgan fingerprint density at radius 3 is 2.63 bits per heavy atom. The van der Waals surface area contributed by atoms with Crippen LogP contribution in [0.25, 0.3) is 11.2 Å². The topological polar surface area (TPSA) is 125 Å². The Kier molecular flexibility index (Phi) is 5.30. The zero-order valence-electron chi connectivity index (χ0n) is 15.0. The van der Waals surface area contributed by atoms with Crippen molar-refractivity contribution in [2.75, 3.05) is 5.73 Å². The monoisotopic (exact) mass is 368 g/mol. The molecule has 0 aliphatic heterocycles. The predicted octanol–water partition coefficient (Wildman–Crippen LogP) is 1.73. The normalized spacial score (nSPS) is 12.1. The maximum absolute atomic E-state index is 12.6. The van der Waals surface area contributed by atoms with Crippen molar-refractivity contribution in [2.24, 2.45) is 5.92 Å². The minimum Gasteiger partial charge on any atom is -0.459 e. The Hall–Kier alpha value is -3.49. The van der Waals surface area contributed by atoms with Crippen LogP contribution in [0.1, 0.15) is 19.4 Å². The standard InChI is InChI=1S/C18H20N6O3/c1-11(2)13(17(25)27-8-12-6-4-3-5-7-12)23-18(26)24-10-22-14-15(19)20-9-21-16(14)24/h3-7,9-11,13H,8H2,1-2H3,(H,23,26)(H2,19,20,21). The van der Waals surface area contributed by atoms with Gasteiger partial charge >= 0.3 is 12.0 Å². The van der Waals surface area contributed by atoms with E-state index in [4.69, 9.17) is 10.5 Å². The molecule has 0 spiro atoms. The van der Waals surface area contributed by atoms with Crippen LogP contribution in [0, 0.1) is 5.92 Å². The molecule has 0 fully saturated rings. The number of anilines is 1. The molecule has 0 saturated heterocycles. The first-order valence-electron chi connectivity index (χ1n) is 8.42. The highest BCUT2D eigenvalue weighted by molar-refractivity contribution is 5.92. The number of hydrogen-bond acceptors (Lipinski definition) is 7. The van der Waals surface area contributed by atoms with Crippen molar-refractivity contribution < 1.29 is 14.3 Å². The first-order valence-corrected chi connectivity index (χ1v) is 8.42. The van der Waals surface area contributed by atoms with Gasteiger partial charge in [0.15, 0.2) is 17.0 Å². The number of nitrogens with one attached hydrogen (secondary N) is 1. The molecule has 3 rings (SSSR count). The molecule has 0 bridgehead atoms. The molecular weight excluding hydrogens is 348 g/mol. The zero-order valence-corrected chi connectivity index (χ0v) is 15.0. The van der Waals surface area contributed by atoms with Crippen molar-refractivity contribution in [2.45, 2.75) is 26.5 Å². The molecule has 140 valence electrons. The molecule has 9 heteroatoms. The van der Waals surface area contributed by atoms with Crippen LogP contribution in [-0.2, 0) is 16.1 Å². The summed E-state index contributed by atoms with van der Waals surface area (Å²) in [6, 6.07) is 7.96. The van der Waals surface area contributed by atoms with Gasteiger partial charge in [-0.3, -0.25) is 0 Å². The number of benzene rings is 1. The van der Waals surface area contributed by atoms with Crippen molar-refractivity contribution in [3.05, 3.63) is 48.5 Å². The minimum atomic E-state index is -0.821. The summed E-state index contributed by atoms with van der Waals surface area (Å²) >= 11 is 0. The summed E-state index contributed by atoms with van der Waals surface area (Å²) in [6.45, 7) is 3.78. The summed E-state index contributed by atoms with van der Waals surface area (Å²) in [7, 11) is 0. The third-order valence-corrected chi connectivity index (χ3v) is 4.00. The van der Waals surface area contributed by atoms with E-state index < -0.39 is 18.0 Å². The molecule has 0 aliphatic carbocycles. The van der Waals surface area contributed by atoms with E-state index in [1.54, 1.807) is 0 Å². The van der Waals surface area contributed by atoms with E-state index in [9.17, 15) is 9.59 Å². The second-order valence-corrected chi connectivity index (χ2v) is 6.31. The summed E-state index contributed by atoms with van der Waals surface area (Å²) < 4.78 is 6.54. The largest absolute Gasteiger partial charge is 0.459 e. The highest BCUT2D eigenvalue weighted by Gasteiger charge is 2.27. The molecule has 1 atom stereocenters.